The Morgan fingerprint density at radius 3 is 2.50 bits per heavy atom. The predicted molar refractivity (Wildman–Crippen MR) is 81.4 cm³/mol. The second-order valence-corrected chi connectivity index (χ2v) is 8.27. The van der Waals surface area contributed by atoms with E-state index in [4.69, 9.17) is 4.18 Å². The van der Waals surface area contributed by atoms with Crippen molar-refractivity contribution in [3.8, 4) is 0 Å². The van der Waals surface area contributed by atoms with Crippen LogP contribution >= 0.6 is 15.9 Å². The quantitative estimate of drug-likeness (QED) is 0.610. The molecule has 0 spiro atoms. The van der Waals surface area contributed by atoms with Gasteiger partial charge >= 0.3 is 0 Å². The first-order valence-corrected chi connectivity index (χ1v) is 9.58. The molecule has 0 aliphatic heterocycles. The number of benzene rings is 1. The molecule has 0 amide bonds. The molecule has 0 saturated heterocycles. The Kier molecular flexibility index (Phi) is 3.95. The number of halogens is 1. The zero-order valence-corrected chi connectivity index (χ0v) is 13.9. The molecule has 110 valence electrons. The lowest BCUT2D eigenvalue weighted by molar-refractivity contribution is 0.117. The van der Waals surface area contributed by atoms with E-state index < -0.39 is 10.1 Å². The third kappa shape index (κ3) is 2.68. The lowest BCUT2D eigenvalue weighted by Gasteiger charge is -2.27. The van der Waals surface area contributed by atoms with Crippen LogP contribution in [0.15, 0.2) is 29.2 Å². The van der Waals surface area contributed by atoms with Crippen LogP contribution in [0.3, 0.4) is 0 Å². The van der Waals surface area contributed by atoms with E-state index in [2.05, 4.69) is 15.9 Å². The van der Waals surface area contributed by atoms with Crippen molar-refractivity contribution in [1.29, 1.82) is 0 Å². The maximum Gasteiger partial charge on any atom is 0.297 e. The number of rotatable bonds is 4. The van der Waals surface area contributed by atoms with Crippen molar-refractivity contribution in [3.05, 3.63) is 29.8 Å². The Hall–Kier alpha value is -0.390. The van der Waals surface area contributed by atoms with E-state index in [0.29, 0.717) is 17.8 Å². The second-order valence-electron chi connectivity index (χ2n) is 6.05. The molecule has 3 rings (SSSR count). The fourth-order valence-corrected chi connectivity index (χ4v) is 5.51. The average molecular weight is 359 g/mol. The molecule has 3 nitrogen and oxygen atoms in total. The molecule has 0 radical (unpaired) electrons. The van der Waals surface area contributed by atoms with Crippen LogP contribution in [0, 0.1) is 24.7 Å². The van der Waals surface area contributed by atoms with Gasteiger partial charge in [0, 0.05) is 5.33 Å². The summed E-state index contributed by atoms with van der Waals surface area (Å²) < 4.78 is 30.2. The lowest BCUT2D eigenvalue weighted by atomic mass is 9.88. The molecule has 1 aromatic rings. The molecule has 2 saturated carbocycles. The van der Waals surface area contributed by atoms with Gasteiger partial charge in [0.15, 0.2) is 0 Å². The van der Waals surface area contributed by atoms with Crippen molar-refractivity contribution in [1.82, 2.24) is 0 Å². The molecule has 0 heterocycles. The molecule has 1 aromatic carbocycles. The van der Waals surface area contributed by atoms with Crippen LogP contribution in [-0.2, 0) is 14.3 Å². The highest BCUT2D eigenvalue weighted by Crippen LogP contribution is 2.50. The van der Waals surface area contributed by atoms with Crippen LogP contribution in [0.1, 0.15) is 24.8 Å². The minimum Gasteiger partial charge on any atom is -0.263 e. The van der Waals surface area contributed by atoms with E-state index in [0.717, 1.165) is 23.7 Å². The molecular weight excluding hydrogens is 340 g/mol. The van der Waals surface area contributed by atoms with E-state index in [1.807, 2.05) is 6.92 Å². The molecule has 20 heavy (non-hydrogen) atoms. The van der Waals surface area contributed by atoms with Crippen LogP contribution < -0.4 is 0 Å². The smallest absolute Gasteiger partial charge is 0.263 e. The average Bonchev–Trinajstić information content (AvgIpc) is 2.97. The monoisotopic (exact) mass is 358 g/mol. The van der Waals surface area contributed by atoms with Gasteiger partial charge in [0.1, 0.15) is 0 Å². The topological polar surface area (TPSA) is 43.4 Å². The summed E-state index contributed by atoms with van der Waals surface area (Å²) in [5, 5.41) is 0.943. The van der Waals surface area contributed by atoms with Gasteiger partial charge in [-0.25, -0.2) is 0 Å². The van der Waals surface area contributed by atoms with Gasteiger partial charge in [0.25, 0.3) is 10.1 Å². The molecule has 2 aliphatic carbocycles. The van der Waals surface area contributed by atoms with Crippen LogP contribution in [-0.4, -0.2) is 19.9 Å². The highest BCUT2D eigenvalue weighted by Gasteiger charge is 2.47. The van der Waals surface area contributed by atoms with Gasteiger partial charge in [-0.1, -0.05) is 33.6 Å². The van der Waals surface area contributed by atoms with E-state index in [1.54, 1.807) is 24.3 Å². The third-order valence-electron chi connectivity index (χ3n) is 4.65. The minimum absolute atomic E-state index is 0.136. The van der Waals surface area contributed by atoms with Crippen molar-refractivity contribution < 1.29 is 12.6 Å². The summed E-state index contributed by atoms with van der Waals surface area (Å²) in [4.78, 5) is 0.265. The fourth-order valence-electron chi connectivity index (χ4n) is 3.64. The van der Waals surface area contributed by atoms with Gasteiger partial charge in [0.05, 0.1) is 11.0 Å². The predicted octanol–water partition coefficient (Wildman–Crippen LogP) is 3.51. The van der Waals surface area contributed by atoms with Gasteiger partial charge in [0.2, 0.25) is 0 Å². The number of aryl methyl sites for hydroxylation is 1. The SMILES string of the molecule is Cc1ccc(S(=O)(=O)OC2CC3CC(CBr)C2C3)cc1. The van der Waals surface area contributed by atoms with Gasteiger partial charge in [-0.05, 0) is 56.1 Å². The Labute approximate surface area is 129 Å². The van der Waals surface area contributed by atoms with E-state index in [-0.39, 0.29) is 11.0 Å². The zero-order valence-electron chi connectivity index (χ0n) is 11.5. The highest BCUT2D eigenvalue weighted by molar-refractivity contribution is 9.09. The zero-order chi connectivity index (χ0) is 14.3. The first kappa shape index (κ1) is 14.5. The maximum absolute atomic E-state index is 12.3. The molecule has 4 unspecified atom stereocenters. The first-order chi connectivity index (χ1) is 9.49. The van der Waals surface area contributed by atoms with Crippen molar-refractivity contribution >= 4 is 26.0 Å². The fraction of sp³-hybridized carbons (Fsp3) is 0.600. The standard InChI is InChI=1S/C15H19BrO3S/c1-10-2-4-13(5-3-10)20(17,18)19-15-8-11-6-12(9-16)14(15)7-11/h2-5,11-12,14-15H,6-9H2,1H3. The lowest BCUT2D eigenvalue weighted by Crippen LogP contribution is -2.30. The summed E-state index contributed by atoms with van der Waals surface area (Å²) >= 11 is 3.53. The highest BCUT2D eigenvalue weighted by atomic mass is 79.9. The summed E-state index contributed by atoms with van der Waals surface area (Å²) in [5.41, 5.74) is 1.04. The Morgan fingerprint density at radius 1 is 1.20 bits per heavy atom. The maximum atomic E-state index is 12.3. The second kappa shape index (κ2) is 5.43. The third-order valence-corrected chi connectivity index (χ3v) is 6.83. The summed E-state index contributed by atoms with van der Waals surface area (Å²) in [6.45, 7) is 1.94. The van der Waals surface area contributed by atoms with Gasteiger partial charge < -0.3 is 0 Å². The largest absolute Gasteiger partial charge is 0.297 e. The van der Waals surface area contributed by atoms with E-state index >= 15 is 0 Å². The Morgan fingerprint density at radius 2 is 1.90 bits per heavy atom. The number of hydrogen-bond donors (Lipinski definition) is 0. The van der Waals surface area contributed by atoms with Gasteiger partial charge in [-0.2, -0.15) is 8.42 Å². The molecule has 0 aromatic heterocycles. The van der Waals surface area contributed by atoms with Crippen molar-refractivity contribution in [2.45, 2.75) is 37.2 Å². The summed E-state index contributed by atoms with van der Waals surface area (Å²) in [5.74, 6) is 1.59. The number of fused-ring (bicyclic) bond motifs is 2. The van der Waals surface area contributed by atoms with Gasteiger partial charge in [-0.3, -0.25) is 4.18 Å². The van der Waals surface area contributed by atoms with Crippen molar-refractivity contribution in [2.75, 3.05) is 5.33 Å². The van der Waals surface area contributed by atoms with Crippen LogP contribution in [0.2, 0.25) is 0 Å². The minimum atomic E-state index is -3.63. The molecule has 2 bridgehead atoms. The molecule has 4 atom stereocenters. The summed E-state index contributed by atoms with van der Waals surface area (Å²) in [6, 6.07) is 6.86. The first-order valence-electron chi connectivity index (χ1n) is 7.05. The Balaban J connectivity index is 1.76. The Bertz CT molecular complexity index is 582. The molecule has 2 aliphatic rings. The van der Waals surface area contributed by atoms with E-state index in [1.165, 1.54) is 6.42 Å². The van der Waals surface area contributed by atoms with E-state index in [9.17, 15) is 8.42 Å². The van der Waals surface area contributed by atoms with Crippen LogP contribution in [0.5, 0.6) is 0 Å². The normalized spacial score (nSPS) is 32.7. The molecule has 0 N–H and O–H groups in total. The van der Waals surface area contributed by atoms with Crippen molar-refractivity contribution in [3.63, 3.8) is 0 Å². The summed E-state index contributed by atoms with van der Waals surface area (Å²) in [6.07, 6.45) is 3.08. The molecular formula is C15H19BrO3S. The van der Waals surface area contributed by atoms with Crippen LogP contribution in [0.25, 0.3) is 0 Å². The number of alkyl halides is 1. The van der Waals surface area contributed by atoms with Gasteiger partial charge in [-0.15, -0.1) is 0 Å². The van der Waals surface area contributed by atoms with Crippen LogP contribution in [0.4, 0.5) is 0 Å². The summed E-state index contributed by atoms with van der Waals surface area (Å²) in [7, 11) is -3.63. The molecule has 5 heteroatoms. The molecule has 2 fully saturated rings. The van der Waals surface area contributed by atoms with Crippen molar-refractivity contribution in [2.24, 2.45) is 17.8 Å². The number of hydrogen-bond acceptors (Lipinski definition) is 3.